The van der Waals surface area contributed by atoms with Gasteiger partial charge in [0, 0.05) is 6.26 Å². The average molecular weight is 355 g/mol. The van der Waals surface area contributed by atoms with Crippen LogP contribution in [0.25, 0.3) is 0 Å². The number of ether oxygens (including phenoxy) is 3. The topological polar surface area (TPSA) is 61.8 Å². The highest BCUT2D eigenvalue weighted by atomic mass is 35.5. The van der Waals surface area contributed by atoms with Gasteiger partial charge in [-0.15, -0.1) is 0 Å². The van der Waals surface area contributed by atoms with Gasteiger partial charge in [-0.05, 0) is 35.9 Å². The molecule has 2 aromatic rings. The maximum atomic E-state index is 11.6. The zero-order valence-electron chi connectivity index (χ0n) is 12.4. The Bertz CT molecular complexity index is 832. The second kappa shape index (κ2) is 6.29. The zero-order valence-corrected chi connectivity index (χ0v) is 14.0. The van der Waals surface area contributed by atoms with Gasteiger partial charge in [-0.2, -0.15) is 0 Å². The van der Waals surface area contributed by atoms with Gasteiger partial charge in [-0.3, -0.25) is 0 Å². The Hall–Kier alpha value is -1.92. The highest BCUT2D eigenvalue weighted by molar-refractivity contribution is 7.90. The quantitative estimate of drug-likeness (QED) is 0.844. The van der Waals surface area contributed by atoms with Crippen molar-refractivity contribution in [3.8, 4) is 17.2 Å². The normalized spacial score (nSPS) is 13.7. The minimum absolute atomic E-state index is 0.218. The number of halogens is 1. The van der Waals surface area contributed by atoms with Crippen LogP contribution in [-0.2, 0) is 16.4 Å². The third kappa shape index (κ3) is 3.71. The van der Waals surface area contributed by atoms with Crippen LogP contribution in [0.15, 0.2) is 41.3 Å². The van der Waals surface area contributed by atoms with E-state index < -0.39 is 9.84 Å². The van der Waals surface area contributed by atoms with Crippen molar-refractivity contribution in [1.82, 2.24) is 0 Å². The van der Waals surface area contributed by atoms with Crippen molar-refractivity contribution in [2.24, 2.45) is 0 Å². The molecule has 0 bridgehead atoms. The summed E-state index contributed by atoms with van der Waals surface area (Å²) in [7, 11) is -3.26. The largest absolute Gasteiger partial charge is 0.489 e. The zero-order chi connectivity index (χ0) is 16.4. The molecule has 7 heteroatoms. The lowest BCUT2D eigenvalue weighted by atomic mass is 10.2. The number of sulfone groups is 1. The number of rotatable bonds is 4. The van der Waals surface area contributed by atoms with Crippen LogP contribution < -0.4 is 14.2 Å². The van der Waals surface area contributed by atoms with Crippen LogP contribution in [-0.4, -0.2) is 27.9 Å². The summed E-state index contributed by atoms with van der Waals surface area (Å²) in [6, 6.07) is 9.92. The van der Waals surface area contributed by atoms with Crippen molar-refractivity contribution < 1.29 is 22.6 Å². The molecule has 23 heavy (non-hydrogen) atoms. The Labute approximate surface area is 139 Å². The van der Waals surface area contributed by atoms with Crippen molar-refractivity contribution in [3.63, 3.8) is 0 Å². The molecule has 0 aliphatic carbocycles. The number of fused-ring (bicyclic) bond motifs is 1. The Morgan fingerprint density at radius 2 is 1.96 bits per heavy atom. The first-order chi connectivity index (χ1) is 10.9. The summed E-state index contributed by atoms with van der Waals surface area (Å²) >= 11 is 6.17. The monoisotopic (exact) mass is 354 g/mol. The summed E-state index contributed by atoms with van der Waals surface area (Å²) in [6.45, 7) is 1.19. The Balaban J connectivity index is 1.77. The summed E-state index contributed by atoms with van der Waals surface area (Å²) < 4.78 is 39.8. The molecule has 0 radical (unpaired) electrons. The molecule has 0 fully saturated rings. The van der Waals surface area contributed by atoms with Crippen LogP contribution in [0.1, 0.15) is 5.56 Å². The fourth-order valence-corrected chi connectivity index (χ4v) is 3.15. The third-order valence-corrected chi connectivity index (χ3v) is 4.69. The van der Waals surface area contributed by atoms with Crippen LogP contribution in [0.2, 0.25) is 5.02 Å². The lowest BCUT2D eigenvalue weighted by molar-refractivity contribution is 0.171. The van der Waals surface area contributed by atoms with Gasteiger partial charge in [0.1, 0.15) is 25.6 Å². The number of hydrogen-bond donors (Lipinski definition) is 0. The first kappa shape index (κ1) is 16.0. The van der Waals surface area contributed by atoms with E-state index in [4.69, 9.17) is 25.8 Å². The molecule has 0 spiro atoms. The molecule has 1 aliphatic rings. The molecule has 0 atom stereocenters. The van der Waals surface area contributed by atoms with Crippen LogP contribution in [0, 0.1) is 0 Å². The predicted molar refractivity (Wildman–Crippen MR) is 86.3 cm³/mol. The van der Waals surface area contributed by atoms with E-state index in [1.165, 1.54) is 12.1 Å². The van der Waals surface area contributed by atoms with E-state index in [9.17, 15) is 8.42 Å². The SMILES string of the molecule is CS(=O)(=O)c1cccc(OCc2cc(Cl)c3c(c2)OCCO3)c1. The van der Waals surface area contributed by atoms with E-state index in [0.717, 1.165) is 11.8 Å². The summed E-state index contributed by atoms with van der Waals surface area (Å²) in [5.41, 5.74) is 0.809. The molecule has 3 rings (SSSR count). The van der Waals surface area contributed by atoms with Gasteiger partial charge in [0.25, 0.3) is 0 Å². The fraction of sp³-hybridized carbons (Fsp3) is 0.250. The second-order valence-electron chi connectivity index (χ2n) is 5.14. The van der Waals surface area contributed by atoms with Crippen molar-refractivity contribution in [2.75, 3.05) is 19.5 Å². The van der Waals surface area contributed by atoms with Crippen LogP contribution in [0.3, 0.4) is 0 Å². The molecule has 5 nitrogen and oxygen atoms in total. The Morgan fingerprint density at radius 3 is 2.74 bits per heavy atom. The fourth-order valence-electron chi connectivity index (χ4n) is 2.21. The third-order valence-electron chi connectivity index (χ3n) is 3.30. The molecule has 1 aliphatic heterocycles. The van der Waals surface area contributed by atoms with E-state index in [1.807, 2.05) is 0 Å². The van der Waals surface area contributed by atoms with Crippen molar-refractivity contribution in [3.05, 3.63) is 47.0 Å². The molecule has 122 valence electrons. The van der Waals surface area contributed by atoms with Crippen molar-refractivity contribution >= 4 is 21.4 Å². The van der Waals surface area contributed by atoms with E-state index in [2.05, 4.69) is 0 Å². The van der Waals surface area contributed by atoms with Crippen LogP contribution >= 0.6 is 11.6 Å². The Kier molecular flexibility index (Phi) is 4.37. The standard InChI is InChI=1S/C16H15ClO5S/c1-23(18,19)13-4-2-3-12(9-13)22-10-11-7-14(17)16-15(8-11)20-5-6-21-16/h2-4,7-9H,5-6,10H2,1H3. The molecule has 2 aromatic carbocycles. The van der Waals surface area contributed by atoms with Gasteiger partial charge in [0.05, 0.1) is 9.92 Å². The van der Waals surface area contributed by atoms with Gasteiger partial charge < -0.3 is 14.2 Å². The summed E-state index contributed by atoms with van der Waals surface area (Å²) in [5.74, 6) is 1.60. The molecular weight excluding hydrogens is 340 g/mol. The molecule has 1 heterocycles. The first-order valence-corrected chi connectivity index (χ1v) is 9.21. The Morgan fingerprint density at radius 1 is 1.17 bits per heavy atom. The van der Waals surface area contributed by atoms with Gasteiger partial charge in [0.2, 0.25) is 0 Å². The summed E-state index contributed by atoms with van der Waals surface area (Å²) in [6.07, 6.45) is 1.16. The minimum Gasteiger partial charge on any atom is -0.489 e. The molecule has 0 unspecified atom stereocenters. The molecule has 0 saturated heterocycles. The minimum atomic E-state index is -3.26. The average Bonchev–Trinajstić information content (AvgIpc) is 2.52. The van der Waals surface area contributed by atoms with Crippen LogP contribution in [0.5, 0.6) is 17.2 Å². The summed E-state index contributed by atoms with van der Waals surface area (Å²) in [5, 5.41) is 0.464. The number of hydrogen-bond acceptors (Lipinski definition) is 5. The second-order valence-corrected chi connectivity index (χ2v) is 7.56. The van der Waals surface area contributed by atoms with Gasteiger partial charge in [-0.25, -0.2) is 8.42 Å². The molecule has 0 N–H and O–H groups in total. The highest BCUT2D eigenvalue weighted by Gasteiger charge is 2.17. The van der Waals surface area contributed by atoms with E-state index >= 15 is 0 Å². The lowest BCUT2D eigenvalue weighted by Crippen LogP contribution is -2.16. The van der Waals surface area contributed by atoms with Crippen LogP contribution in [0.4, 0.5) is 0 Å². The van der Waals surface area contributed by atoms with Gasteiger partial charge in [-0.1, -0.05) is 17.7 Å². The van der Waals surface area contributed by atoms with E-state index in [1.54, 1.807) is 24.3 Å². The number of benzene rings is 2. The van der Waals surface area contributed by atoms with Gasteiger partial charge >= 0.3 is 0 Å². The maximum Gasteiger partial charge on any atom is 0.179 e. The summed E-state index contributed by atoms with van der Waals surface area (Å²) in [4.78, 5) is 0.218. The predicted octanol–water partition coefficient (Wildman–Crippen LogP) is 3.09. The van der Waals surface area contributed by atoms with E-state index in [-0.39, 0.29) is 11.5 Å². The molecular formula is C16H15ClO5S. The van der Waals surface area contributed by atoms with E-state index in [0.29, 0.717) is 35.5 Å². The maximum absolute atomic E-state index is 11.6. The first-order valence-electron chi connectivity index (χ1n) is 6.94. The lowest BCUT2D eigenvalue weighted by Gasteiger charge is -2.20. The van der Waals surface area contributed by atoms with Crippen molar-refractivity contribution in [2.45, 2.75) is 11.5 Å². The smallest absolute Gasteiger partial charge is 0.179 e. The molecule has 0 aromatic heterocycles. The molecule has 0 amide bonds. The van der Waals surface area contributed by atoms with Gasteiger partial charge in [0.15, 0.2) is 21.3 Å². The van der Waals surface area contributed by atoms with Crippen molar-refractivity contribution in [1.29, 1.82) is 0 Å². The highest BCUT2D eigenvalue weighted by Crippen LogP contribution is 2.38. The molecule has 0 saturated carbocycles.